The molecule has 1 atom stereocenters. The number of nitrogens with zero attached hydrogens (tertiary/aromatic N) is 1. The quantitative estimate of drug-likeness (QED) is 0.592. The van der Waals surface area contributed by atoms with E-state index >= 15 is 0 Å². The first-order valence-electron chi connectivity index (χ1n) is 5.52. The molecule has 0 radical (unpaired) electrons. The first-order valence-corrected chi connectivity index (χ1v) is 5.52. The molecule has 0 bridgehead atoms. The van der Waals surface area contributed by atoms with Crippen LogP contribution in [0.1, 0.15) is 34.1 Å². The van der Waals surface area contributed by atoms with Gasteiger partial charge in [-0.2, -0.15) is 0 Å². The Kier molecular flexibility index (Phi) is 3.98. The molecular weight excluding hydrogens is 158 g/mol. The molecule has 1 nitrogen and oxygen atoms in total. The predicted octanol–water partition coefficient (Wildman–Crippen LogP) is 2.93. The zero-order chi connectivity index (χ0) is 9.84. The van der Waals surface area contributed by atoms with E-state index in [4.69, 9.17) is 0 Å². The van der Waals surface area contributed by atoms with E-state index in [0.717, 1.165) is 18.4 Å². The second-order valence-electron chi connectivity index (χ2n) is 4.71. The number of allylic oxidation sites excluding steroid dienone is 1. The maximum absolute atomic E-state index is 2.54. The third-order valence-electron chi connectivity index (χ3n) is 3.06. The first kappa shape index (κ1) is 10.8. The van der Waals surface area contributed by atoms with Crippen molar-refractivity contribution in [2.75, 3.05) is 13.1 Å². The summed E-state index contributed by atoms with van der Waals surface area (Å²) in [6, 6.07) is 0.690. The maximum atomic E-state index is 2.54. The molecule has 0 fully saturated rings. The van der Waals surface area contributed by atoms with Crippen LogP contribution in [0.4, 0.5) is 0 Å². The van der Waals surface area contributed by atoms with Crippen molar-refractivity contribution in [2.24, 2.45) is 11.8 Å². The van der Waals surface area contributed by atoms with Gasteiger partial charge in [-0.1, -0.05) is 26.0 Å². The summed E-state index contributed by atoms with van der Waals surface area (Å²) >= 11 is 0. The standard InChI is InChI=1S/C12H23N/c1-10(2)12-6-5-8-13(9-7-12)11(3)4/h5-6,10-12H,7-9H2,1-4H3. The van der Waals surface area contributed by atoms with E-state index in [2.05, 4.69) is 44.7 Å². The van der Waals surface area contributed by atoms with Crippen molar-refractivity contribution in [1.29, 1.82) is 0 Å². The molecule has 0 aromatic rings. The molecule has 0 aliphatic carbocycles. The van der Waals surface area contributed by atoms with Crippen molar-refractivity contribution in [3.05, 3.63) is 12.2 Å². The van der Waals surface area contributed by atoms with Crippen LogP contribution in [0.25, 0.3) is 0 Å². The molecule has 0 amide bonds. The smallest absolute Gasteiger partial charge is 0.0166 e. The Bertz CT molecular complexity index is 170. The van der Waals surface area contributed by atoms with E-state index in [1.807, 2.05) is 0 Å². The minimum absolute atomic E-state index is 0.690. The zero-order valence-corrected chi connectivity index (χ0v) is 9.46. The molecule has 13 heavy (non-hydrogen) atoms. The molecule has 1 unspecified atom stereocenters. The number of rotatable bonds is 2. The topological polar surface area (TPSA) is 3.24 Å². The molecule has 0 aromatic carbocycles. The van der Waals surface area contributed by atoms with Crippen LogP contribution in [-0.2, 0) is 0 Å². The molecular formula is C12H23N. The van der Waals surface area contributed by atoms with Gasteiger partial charge >= 0.3 is 0 Å². The molecule has 1 rings (SSSR count). The van der Waals surface area contributed by atoms with Gasteiger partial charge in [0.15, 0.2) is 0 Å². The van der Waals surface area contributed by atoms with Crippen LogP contribution in [0.5, 0.6) is 0 Å². The summed E-state index contributed by atoms with van der Waals surface area (Å²) in [4.78, 5) is 2.54. The van der Waals surface area contributed by atoms with Crippen molar-refractivity contribution in [2.45, 2.75) is 40.2 Å². The third-order valence-corrected chi connectivity index (χ3v) is 3.06. The molecule has 0 saturated carbocycles. The van der Waals surface area contributed by atoms with Gasteiger partial charge in [-0.05, 0) is 38.6 Å². The summed E-state index contributed by atoms with van der Waals surface area (Å²) in [5, 5.41) is 0. The van der Waals surface area contributed by atoms with E-state index in [9.17, 15) is 0 Å². The largest absolute Gasteiger partial charge is 0.297 e. The van der Waals surface area contributed by atoms with Crippen molar-refractivity contribution in [3.8, 4) is 0 Å². The van der Waals surface area contributed by atoms with E-state index in [1.54, 1.807) is 0 Å². The molecule has 0 aromatic heterocycles. The molecule has 1 heterocycles. The van der Waals surface area contributed by atoms with Crippen molar-refractivity contribution in [1.82, 2.24) is 4.90 Å². The Morgan fingerprint density at radius 2 is 1.92 bits per heavy atom. The number of hydrogen-bond donors (Lipinski definition) is 0. The predicted molar refractivity (Wildman–Crippen MR) is 58.8 cm³/mol. The first-order chi connectivity index (χ1) is 6.11. The van der Waals surface area contributed by atoms with E-state index < -0.39 is 0 Å². The summed E-state index contributed by atoms with van der Waals surface area (Å²) in [5.41, 5.74) is 0. The van der Waals surface area contributed by atoms with Gasteiger partial charge in [-0.3, -0.25) is 4.90 Å². The highest BCUT2D eigenvalue weighted by atomic mass is 15.1. The van der Waals surface area contributed by atoms with Crippen LogP contribution in [0.2, 0.25) is 0 Å². The van der Waals surface area contributed by atoms with Gasteiger partial charge in [-0.15, -0.1) is 0 Å². The lowest BCUT2D eigenvalue weighted by Crippen LogP contribution is -2.31. The highest BCUT2D eigenvalue weighted by molar-refractivity contribution is 4.95. The van der Waals surface area contributed by atoms with Gasteiger partial charge in [0.05, 0.1) is 0 Å². The fourth-order valence-electron chi connectivity index (χ4n) is 1.90. The van der Waals surface area contributed by atoms with E-state index in [-0.39, 0.29) is 0 Å². The molecule has 0 N–H and O–H groups in total. The monoisotopic (exact) mass is 181 g/mol. The van der Waals surface area contributed by atoms with Crippen LogP contribution in [0.3, 0.4) is 0 Å². The zero-order valence-electron chi connectivity index (χ0n) is 9.46. The Labute approximate surface area is 82.8 Å². The Hall–Kier alpha value is -0.300. The maximum Gasteiger partial charge on any atom is 0.0166 e. The average molecular weight is 181 g/mol. The van der Waals surface area contributed by atoms with Gasteiger partial charge in [-0.25, -0.2) is 0 Å². The van der Waals surface area contributed by atoms with Crippen LogP contribution in [0.15, 0.2) is 12.2 Å². The molecule has 76 valence electrons. The molecule has 0 spiro atoms. The van der Waals surface area contributed by atoms with Gasteiger partial charge in [0.25, 0.3) is 0 Å². The van der Waals surface area contributed by atoms with Crippen molar-refractivity contribution < 1.29 is 0 Å². The molecule has 0 saturated heterocycles. The normalized spacial score (nSPS) is 25.5. The highest BCUT2D eigenvalue weighted by Crippen LogP contribution is 2.20. The van der Waals surface area contributed by atoms with Gasteiger partial charge < -0.3 is 0 Å². The van der Waals surface area contributed by atoms with Crippen LogP contribution in [0, 0.1) is 11.8 Å². The molecule has 1 heteroatoms. The lowest BCUT2D eigenvalue weighted by molar-refractivity contribution is 0.233. The fraction of sp³-hybridized carbons (Fsp3) is 0.833. The third kappa shape index (κ3) is 3.15. The van der Waals surface area contributed by atoms with Crippen LogP contribution in [-0.4, -0.2) is 24.0 Å². The van der Waals surface area contributed by atoms with Crippen molar-refractivity contribution in [3.63, 3.8) is 0 Å². The van der Waals surface area contributed by atoms with Crippen LogP contribution < -0.4 is 0 Å². The SMILES string of the molecule is CC(C)C1C=CCN(C(C)C)CC1. The van der Waals surface area contributed by atoms with Crippen LogP contribution >= 0.6 is 0 Å². The highest BCUT2D eigenvalue weighted by Gasteiger charge is 2.16. The van der Waals surface area contributed by atoms with E-state index in [0.29, 0.717) is 6.04 Å². The summed E-state index contributed by atoms with van der Waals surface area (Å²) in [5.74, 6) is 1.59. The summed E-state index contributed by atoms with van der Waals surface area (Å²) in [6.45, 7) is 11.6. The Morgan fingerprint density at radius 3 is 2.46 bits per heavy atom. The van der Waals surface area contributed by atoms with Crippen molar-refractivity contribution >= 4 is 0 Å². The minimum atomic E-state index is 0.690. The van der Waals surface area contributed by atoms with Gasteiger partial charge in [0, 0.05) is 12.6 Å². The van der Waals surface area contributed by atoms with Gasteiger partial charge in [0.1, 0.15) is 0 Å². The second kappa shape index (κ2) is 4.80. The number of hydrogen-bond acceptors (Lipinski definition) is 1. The molecule has 1 aliphatic heterocycles. The summed E-state index contributed by atoms with van der Waals surface area (Å²) in [7, 11) is 0. The Morgan fingerprint density at radius 1 is 1.23 bits per heavy atom. The molecule has 1 aliphatic rings. The lowest BCUT2D eigenvalue weighted by atomic mass is 9.92. The second-order valence-corrected chi connectivity index (χ2v) is 4.71. The van der Waals surface area contributed by atoms with E-state index in [1.165, 1.54) is 13.0 Å². The average Bonchev–Trinajstić information content (AvgIpc) is 2.27. The lowest BCUT2D eigenvalue weighted by Gasteiger charge is -2.24. The van der Waals surface area contributed by atoms with Gasteiger partial charge in [0.2, 0.25) is 0 Å². The fourth-order valence-corrected chi connectivity index (χ4v) is 1.90. The minimum Gasteiger partial charge on any atom is -0.297 e. The summed E-state index contributed by atoms with van der Waals surface area (Å²) in [6.07, 6.45) is 6.08. The Balaban J connectivity index is 2.48. The summed E-state index contributed by atoms with van der Waals surface area (Å²) < 4.78 is 0.